The van der Waals surface area contributed by atoms with Gasteiger partial charge in [0.25, 0.3) is 0 Å². The van der Waals surface area contributed by atoms with Crippen molar-refractivity contribution < 1.29 is 8.83 Å². The van der Waals surface area contributed by atoms with Gasteiger partial charge in [0.1, 0.15) is 22.3 Å². The number of hydrogen-bond acceptors (Lipinski definition) is 4. The molecule has 59 heavy (non-hydrogen) atoms. The van der Waals surface area contributed by atoms with Crippen LogP contribution in [0, 0.1) is 0 Å². The van der Waals surface area contributed by atoms with Crippen molar-refractivity contribution in [2.24, 2.45) is 0 Å². The van der Waals surface area contributed by atoms with Crippen LogP contribution in [0.4, 0.5) is 34.1 Å². The van der Waals surface area contributed by atoms with Crippen LogP contribution >= 0.6 is 0 Å². The monoisotopic (exact) mass is 755 g/mol. The minimum atomic E-state index is 0.867. The van der Waals surface area contributed by atoms with Crippen molar-refractivity contribution in [3.05, 3.63) is 200 Å². The first kappa shape index (κ1) is 32.1. The number of aromatic nitrogens is 1. The Morgan fingerprint density at radius 2 is 0.644 bits per heavy atom. The van der Waals surface area contributed by atoms with E-state index in [9.17, 15) is 0 Å². The van der Waals surface area contributed by atoms with Crippen LogP contribution in [0.2, 0.25) is 0 Å². The summed E-state index contributed by atoms with van der Waals surface area (Å²) in [5, 5.41) is 9.19. The summed E-state index contributed by atoms with van der Waals surface area (Å²) in [7, 11) is 0. The fraction of sp³-hybridized carbons (Fsp3) is 0. The zero-order valence-electron chi connectivity index (χ0n) is 31.7. The third-order valence-electron chi connectivity index (χ3n) is 12.1. The molecule has 0 aliphatic carbocycles. The molecule has 4 heterocycles. The standard InChI is InChI=1S/C54H33N3O2/c1-3-16-34(17-4-1)55(44-28-14-32-48-52(44)36-20-7-9-30-46(36)58-48)40-24-12-26-42-50(40)38-22-11-23-39-51-41(25-13-27-43(51)57(42)54(38)39)56(35-18-5-2-6-19-35)45-29-15-33-49-53(45)37-21-8-10-31-47(37)59-49/h1-33H. The van der Waals surface area contributed by atoms with Gasteiger partial charge in [-0.05, 0) is 84.9 Å². The molecule has 276 valence electrons. The highest BCUT2D eigenvalue weighted by Gasteiger charge is 2.28. The van der Waals surface area contributed by atoms with Gasteiger partial charge in [0.05, 0.1) is 50.1 Å². The molecule has 4 aromatic heterocycles. The van der Waals surface area contributed by atoms with Gasteiger partial charge in [-0.15, -0.1) is 0 Å². The van der Waals surface area contributed by atoms with E-state index in [0.717, 1.165) is 89.0 Å². The zero-order chi connectivity index (χ0) is 38.6. The molecule has 0 atom stereocenters. The van der Waals surface area contributed by atoms with Crippen LogP contribution in [-0.2, 0) is 0 Å². The molecule has 0 radical (unpaired) electrons. The Bertz CT molecular complexity index is 3510. The quantitative estimate of drug-likeness (QED) is 0.169. The highest BCUT2D eigenvalue weighted by Crippen LogP contribution is 2.51. The molecule has 0 bridgehead atoms. The Morgan fingerprint density at radius 1 is 0.288 bits per heavy atom. The van der Waals surface area contributed by atoms with E-state index in [1.165, 1.54) is 27.1 Å². The topological polar surface area (TPSA) is 37.2 Å². The maximum absolute atomic E-state index is 6.44. The third-order valence-corrected chi connectivity index (χ3v) is 12.1. The van der Waals surface area contributed by atoms with Crippen molar-refractivity contribution in [3.63, 3.8) is 0 Å². The Labute approximate surface area is 338 Å². The van der Waals surface area contributed by atoms with Crippen LogP contribution in [0.5, 0.6) is 0 Å². The molecule has 0 spiro atoms. The van der Waals surface area contributed by atoms with Crippen molar-refractivity contribution in [1.29, 1.82) is 0 Å². The predicted octanol–water partition coefficient (Wildman–Crippen LogP) is 15.6. The maximum Gasteiger partial charge on any atom is 0.137 e. The minimum absolute atomic E-state index is 0.867. The lowest BCUT2D eigenvalue weighted by molar-refractivity contribution is 0.668. The fourth-order valence-corrected chi connectivity index (χ4v) is 9.77. The Morgan fingerprint density at radius 3 is 1.12 bits per heavy atom. The maximum atomic E-state index is 6.44. The highest BCUT2D eigenvalue weighted by molar-refractivity contribution is 6.29. The second-order valence-corrected chi connectivity index (χ2v) is 15.2. The van der Waals surface area contributed by atoms with Gasteiger partial charge in [0.2, 0.25) is 0 Å². The van der Waals surface area contributed by atoms with Gasteiger partial charge < -0.3 is 23.0 Å². The third kappa shape index (κ3) is 4.50. The number of nitrogens with zero attached hydrogens (tertiary/aromatic N) is 3. The average molecular weight is 756 g/mol. The molecule has 0 saturated heterocycles. The second-order valence-electron chi connectivity index (χ2n) is 15.2. The summed E-state index contributed by atoms with van der Waals surface area (Å²) in [5.41, 5.74) is 13.5. The number of fused-ring (bicyclic) bond motifs is 12. The van der Waals surface area contributed by atoms with E-state index in [0.29, 0.717) is 0 Å². The van der Waals surface area contributed by atoms with Gasteiger partial charge in [-0.1, -0.05) is 115 Å². The molecule has 0 amide bonds. The van der Waals surface area contributed by atoms with Crippen LogP contribution in [0.1, 0.15) is 0 Å². The molecule has 0 N–H and O–H groups in total. The lowest BCUT2D eigenvalue weighted by Crippen LogP contribution is -2.11. The molecule has 0 aliphatic heterocycles. The lowest BCUT2D eigenvalue weighted by Gasteiger charge is -2.27. The molecule has 0 unspecified atom stereocenters. The molecule has 0 fully saturated rings. The Balaban J connectivity index is 1.11. The lowest BCUT2D eigenvalue weighted by atomic mass is 10.0. The summed E-state index contributed by atoms with van der Waals surface area (Å²) in [5.74, 6) is 0. The van der Waals surface area contributed by atoms with Crippen LogP contribution in [0.25, 0.3) is 82.0 Å². The van der Waals surface area contributed by atoms with Gasteiger partial charge >= 0.3 is 0 Å². The minimum Gasteiger partial charge on any atom is -0.456 e. The van der Waals surface area contributed by atoms with E-state index in [1.807, 2.05) is 12.1 Å². The van der Waals surface area contributed by atoms with Crippen molar-refractivity contribution in [3.8, 4) is 0 Å². The number of para-hydroxylation sites is 5. The number of anilines is 6. The molecule has 0 aliphatic rings. The van der Waals surface area contributed by atoms with Crippen molar-refractivity contribution >= 4 is 116 Å². The zero-order valence-corrected chi connectivity index (χ0v) is 31.7. The molecular formula is C54H33N3O2. The van der Waals surface area contributed by atoms with E-state index in [4.69, 9.17) is 8.83 Å². The van der Waals surface area contributed by atoms with Crippen molar-refractivity contribution in [2.45, 2.75) is 0 Å². The number of hydrogen-bond donors (Lipinski definition) is 0. The van der Waals surface area contributed by atoms with E-state index in [-0.39, 0.29) is 0 Å². The summed E-state index contributed by atoms with van der Waals surface area (Å²) in [6.07, 6.45) is 0. The van der Waals surface area contributed by atoms with Gasteiger partial charge in [0.15, 0.2) is 0 Å². The molecule has 13 rings (SSSR count). The molecule has 9 aromatic carbocycles. The largest absolute Gasteiger partial charge is 0.456 e. The summed E-state index contributed by atoms with van der Waals surface area (Å²) >= 11 is 0. The molecule has 0 saturated carbocycles. The second kappa shape index (κ2) is 12.2. The molecule has 5 heteroatoms. The van der Waals surface area contributed by atoms with Crippen molar-refractivity contribution in [2.75, 3.05) is 9.80 Å². The van der Waals surface area contributed by atoms with E-state index in [2.05, 4.69) is 202 Å². The van der Waals surface area contributed by atoms with Crippen LogP contribution in [-0.4, -0.2) is 4.40 Å². The number of rotatable bonds is 6. The predicted molar refractivity (Wildman–Crippen MR) is 245 cm³/mol. The van der Waals surface area contributed by atoms with Crippen LogP contribution in [0.3, 0.4) is 0 Å². The normalized spacial score (nSPS) is 12.1. The highest BCUT2D eigenvalue weighted by atomic mass is 16.3. The summed E-state index contributed by atoms with van der Waals surface area (Å²) in [6, 6.07) is 71.1. The first-order valence-electron chi connectivity index (χ1n) is 20.0. The molecule has 13 aromatic rings. The van der Waals surface area contributed by atoms with Gasteiger partial charge in [-0.2, -0.15) is 0 Å². The van der Waals surface area contributed by atoms with E-state index >= 15 is 0 Å². The van der Waals surface area contributed by atoms with Gasteiger partial charge in [-0.3, -0.25) is 0 Å². The van der Waals surface area contributed by atoms with E-state index < -0.39 is 0 Å². The smallest absolute Gasteiger partial charge is 0.137 e. The van der Waals surface area contributed by atoms with Crippen LogP contribution < -0.4 is 9.80 Å². The van der Waals surface area contributed by atoms with Gasteiger partial charge in [-0.25, -0.2) is 0 Å². The average Bonchev–Trinajstić information content (AvgIpc) is 4.05. The van der Waals surface area contributed by atoms with Crippen molar-refractivity contribution in [1.82, 2.24) is 4.40 Å². The van der Waals surface area contributed by atoms with Gasteiger partial charge in [0, 0.05) is 43.7 Å². The van der Waals surface area contributed by atoms with Crippen LogP contribution in [0.15, 0.2) is 209 Å². The Kier molecular flexibility index (Phi) is 6.66. The summed E-state index contributed by atoms with van der Waals surface area (Å²) in [6.45, 7) is 0. The molecular weight excluding hydrogens is 723 g/mol. The summed E-state index contributed by atoms with van der Waals surface area (Å²) in [4.78, 5) is 4.82. The first-order chi connectivity index (χ1) is 29.3. The SMILES string of the molecule is c1ccc(N(c2cccc3oc4ccccc4c23)c2cccc3c2c2cccc4c5c(N(c6ccccc6)c6cccc7oc8ccccc8c67)cccc5n3c24)cc1. The number of furan rings is 2. The molecule has 5 nitrogen and oxygen atoms in total. The van der Waals surface area contributed by atoms with E-state index in [1.54, 1.807) is 0 Å². The fourth-order valence-electron chi connectivity index (χ4n) is 9.77. The summed E-state index contributed by atoms with van der Waals surface area (Å²) < 4.78 is 15.4. The first-order valence-corrected chi connectivity index (χ1v) is 20.0. The number of benzene rings is 9. The Hall–Kier alpha value is -8.02.